The Hall–Kier alpha value is -1.54. The zero-order valence-corrected chi connectivity index (χ0v) is 10.2. The topological polar surface area (TPSA) is 32.3 Å². The maximum atomic E-state index is 8.79. The van der Waals surface area contributed by atoms with Crippen LogP contribution >= 0.6 is 0 Å². The fourth-order valence-corrected chi connectivity index (χ4v) is 2.03. The molecule has 0 aliphatic carbocycles. The molecule has 0 aliphatic rings. The van der Waals surface area contributed by atoms with Crippen LogP contribution in [-0.2, 0) is 0 Å². The van der Waals surface area contributed by atoms with E-state index in [1.54, 1.807) is 0 Å². The molecule has 0 heterocycles. The normalized spacial score (nSPS) is 12.6. The largest absolute Gasteiger partial charge is 0.396 e. The van der Waals surface area contributed by atoms with Crippen LogP contribution in [0.3, 0.4) is 0 Å². The maximum absolute atomic E-state index is 8.79. The minimum absolute atomic E-state index is 0.268. The van der Waals surface area contributed by atoms with Gasteiger partial charge in [0.05, 0.1) is 0 Å². The standard InChI is InChI=1S/C15H19NO/c1-12(5-4-10-17)16-15-9-8-13-6-2-3-7-14(13)11-15/h2-3,6-9,11-12,16-17H,4-5,10H2,1H3. The number of fused-ring (bicyclic) bond motifs is 1. The van der Waals surface area contributed by atoms with Crippen molar-refractivity contribution in [3.8, 4) is 0 Å². The van der Waals surface area contributed by atoms with Gasteiger partial charge in [-0.05, 0) is 42.7 Å². The molecule has 0 aromatic heterocycles. The van der Waals surface area contributed by atoms with Crippen LogP contribution in [0.2, 0.25) is 0 Å². The Balaban J connectivity index is 2.08. The van der Waals surface area contributed by atoms with E-state index in [1.165, 1.54) is 10.8 Å². The predicted molar refractivity (Wildman–Crippen MR) is 73.4 cm³/mol. The molecule has 0 spiro atoms. The Bertz CT molecular complexity index is 481. The quantitative estimate of drug-likeness (QED) is 0.823. The van der Waals surface area contributed by atoms with E-state index in [4.69, 9.17) is 5.11 Å². The van der Waals surface area contributed by atoms with E-state index in [-0.39, 0.29) is 6.61 Å². The third-order valence-corrected chi connectivity index (χ3v) is 2.96. The minimum Gasteiger partial charge on any atom is -0.396 e. The second-order valence-electron chi connectivity index (χ2n) is 4.47. The monoisotopic (exact) mass is 229 g/mol. The summed E-state index contributed by atoms with van der Waals surface area (Å²) in [7, 11) is 0. The van der Waals surface area contributed by atoms with Crippen molar-refractivity contribution in [2.75, 3.05) is 11.9 Å². The van der Waals surface area contributed by atoms with Crippen LogP contribution in [0, 0.1) is 0 Å². The minimum atomic E-state index is 0.268. The number of benzene rings is 2. The first-order valence-electron chi connectivity index (χ1n) is 6.16. The number of hydrogen-bond acceptors (Lipinski definition) is 2. The van der Waals surface area contributed by atoms with Gasteiger partial charge in [-0.1, -0.05) is 30.3 Å². The first-order valence-corrected chi connectivity index (χ1v) is 6.16. The zero-order valence-electron chi connectivity index (χ0n) is 10.2. The summed E-state index contributed by atoms with van der Waals surface area (Å²) in [5.74, 6) is 0. The molecule has 2 aromatic rings. The molecule has 2 rings (SSSR count). The molecule has 2 aromatic carbocycles. The SMILES string of the molecule is CC(CCCO)Nc1ccc2ccccc2c1. The van der Waals surface area contributed by atoms with Gasteiger partial charge in [-0.25, -0.2) is 0 Å². The van der Waals surface area contributed by atoms with Crippen molar-refractivity contribution in [1.82, 2.24) is 0 Å². The van der Waals surface area contributed by atoms with E-state index in [0.717, 1.165) is 18.5 Å². The highest BCUT2D eigenvalue weighted by Gasteiger charge is 2.02. The number of aliphatic hydroxyl groups excluding tert-OH is 1. The second kappa shape index (κ2) is 5.69. The smallest absolute Gasteiger partial charge is 0.0431 e. The third kappa shape index (κ3) is 3.21. The zero-order chi connectivity index (χ0) is 12.1. The fourth-order valence-electron chi connectivity index (χ4n) is 2.03. The maximum Gasteiger partial charge on any atom is 0.0431 e. The van der Waals surface area contributed by atoms with Gasteiger partial charge in [-0.3, -0.25) is 0 Å². The fraction of sp³-hybridized carbons (Fsp3) is 0.333. The Morgan fingerprint density at radius 3 is 2.65 bits per heavy atom. The van der Waals surface area contributed by atoms with E-state index >= 15 is 0 Å². The molecule has 0 saturated carbocycles. The highest BCUT2D eigenvalue weighted by molar-refractivity contribution is 5.85. The van der Waals surface area contributed by atoms with Crippen LogP contribution < -0.4 is 5.32 Å². The van der Waals surface area contributed by atoms with Crippen LogP contribution in [0.15, 0.2) is 42.5 Å². The van der Waals surface area contributed by atoms with Gasteiger partial charge >= 0.3 is 0 Å². The summed E-state index contributed by atoms with van der Waals surface area (Å²) in [6.45, 7) is 2.41. The number of hydrogen-bond donors (Lipinski definition) is 2. The van der Waals surface area contributed by atoms with E-state index in [9.17, 15) is 0 Å². The Kier molecular flexibility index (Phi) is 3.99. The molecule has 0 radical (unpaired) electrons. The highest BCUT2D eigenvalue weighted by atomic mass is 16.2. The number of aliphatic hydroxyl groups is 1. The molecule has 1 unspecified atom stereocenters. The summed E-state index contributed by atoms with van der Waals surface area (Å²) >= 11 is 0. The van der Waals surface area contributed by atoms with Crippen molar-refractivity contribution in [1.29, 1.82) is 0 Å². The molecule has 0 amide bonds. The van der Waals surface area contributed by atoms with Crippen molar-refractivity contribution in [3.63, 3.8) is 0 Å². The van der Waals surface area contributed by atoms with Gasteiger partial charge in [0.2, 0.25) is 0 Å². The first kappa shape index (κ1) is 11.9. The van der Waals surface area contributed by atoms with Crippen molar-refractivity contribution in [3.05, 3.63) is 42.5 Å². The molecule has 0 fully saturated rings. The average Bonchev–Trinajstić information content (AvgIpc) is 2.36. The van der Waals surface area contributed by atoms with Crippen molar-refractivity contribution in [2.24, 2.45) is 0 Å². The number of anilines is 1. The van der Waals surface area contributed by atoms with Crippen LogP contribution in [-0.4, -0.2) is 17.8 Å². The first-order chi connectivity index (χ1) is 8.29. The Labute approximate surface area is 102 Å². The summed E-state index contributed by atoms with van der Waals surface area (Å²) in [6, 6.07) is 15.2. The van der Waals surface area contributed by atoms with Gasteiger partial charge in [0.25, 0.3) is 0 Å². The van der Waals surface area contributed by atoms with E-state index in [2.05, 4.69) is 54.7 Å². The molecular weight excluding hydrogens is 210 g/mol. The van der Waals surface area contributed by atoms with Crippen molar-refractivity contribution >= 4 is 16.5 Å². The van der Waals surface area contributed by atoms with Crippen LogP contribution in [0.25, 0.3) is 10.8 Å². The number of rotatable bonds is 5. The Morgan fingerprint density at radius 1 is 1.12 bits per heavy atom. The van der Waals surface area contributed by atoms with Crippen LogP contribution in [0.1, 0.15) is 19.8 Å². The lowest BCUT2D eigenvalue weighted by Gasteiger charge is -2.15. The molecule has 0 saturated heterocycles. The summed E-state index contributed by atoms with van der Waals surface area (Å²) < 4.78 is 0. The van der Waals surface area contributed by atoms with Gasteiger partial charge in [-0.2, -0.15) is 0 Å². The molecule has 1 atom stereocenters. The summed E-state index contributed by atoms with van der Waals surface area (Å²) in [6.07, 6.45) is 1.84. The van der Waals surface area contributed by atoms with Crippen LogP contribution in [0.4, 0.5) is 5.69 Å². The van der Waals surface area contributed by atoms with Crippen LogP contribution in [0.5, 0.6) is 0 Å². The highest BCUT2D eigenvalue weighted by Crippen LogP contribution is 2.19. The predicted octanol–water partition coefficient (Wildman–Crippen LogP) is 3.41. The van der Waals surface area contributed by atoms with E-state index < -0.39 is 0 Å². The molecule has 2 nitrogen and oxygen atoms in total. The third-order valence-electron chi connectivity index (χ3n) is 2.96. The van der Waals surface area contributed by atoms with Gasteiger partial charge < -0.3 is 10.4 Å². The van der Waals surface area contributed by atoms with E-state index in [1.807, 2.05) is 0 Å². The lowest BCUT2D eigenvalue weighted by atomic mass is 10.1. The van der Waals surface area contributed by atoms with Gasteiger partial charge in [0.15, 0.2) is 0 Å². The lowest BCUT2D eigenvalue weighted by Crippen LogP contribution is -2.15. The van der Waals surface area contributed by atoms with Gasteiger partial charge in [0.1, 0.15) is 0 Å². The van der Waals surface area contributed by atoms with Gasteiger partial charge in [0, 0.05) is 18.3 Å². The van der Waals surface area contributed by atoms with E-state index in [0.29, 0.717) is 6.04 Å². The summed E-state index contributed by atoms with van der Waals surface area (Å²) in [5.41, 5.74) is 1.15. The van der Waals surface area contributed by atoms with Crippen molar-refractivity contribution in [2.45, 2.75) is 25.8 Å². The molecule has 90 valence electrons. The van der Waals surface area contributed by atoms with Crippen molar-refractivity contribution < 1.29 is 5.11 Å². The average molecular weight is 229 g/mol. The molecular formula is C15H19NO. The van der Waals surface area contributed by atoms with Gasteiger partial charge in [-0.15, -0.1) is 0 Å². The summed E-state index contributed by atoms with van der Waals surface area (Å²) in [5, 5.41) is 14.8. The molecule has 0 bridgehead atoms. The number of nitrogens with one attached hydrogen (secondary N) is 1. The lowest BCUT2D eigenvalue weighted by molar-refractivity contribution is 0.282. The molecule has 2 N–H and O–H groups in total. The second-order valence-corrected chi connectivity index (χ2v) is 4.47. The molecule has 0 aliphatic heterocycles. The molecule has 17 heavy (non-hydrogen) atoms. The Morgan fingerprint density at radius 2 is 1.88 bits per heavy atom. The summed E-state index contributed by atoms with van der Waals surface area (Å²) in [4.78, 5) is 0. The molecule has 2 heteroatoms.